The number of aliphatic hydroxyl groups is 1. The van der Waals surface area contributed by atoms with Gasteiger partial charge >= 0.3 is 11.9 Å². The van der Waals surface area contributed by atoms with Crippen molar-refractivity contribution in [3.05, 3.63) is 107 Å². The van der Waals surface area contributed by atoms with Crippen LogP contribution >= 0.6 is 0 Å². The summed E-state index contributed by atoms with van der Waals surface area (Å²) < 4.78 is 23.7. The van der Waals surface area contributed by atoms with E-state index >= 15 is 0 Å². The quantitative estimate of drug-likeness (QED) is 0.202. The Bertz CT molecular complexity index is 1470. The van der Waals surface area contributed by atoms with Crippen LogP contribution in [0.25, 0.3) is 0 Å². The second kappa shape index (κ2) is 13.2. The maximum atomic E-state index is 13.7. The van der Waals surface area contributed by atoms with Crippen LogP contribution in [0.15, 0.2) is 84.9 Å². The van der Waals surface area contributed by atoms with E-state index < -0.39 is 69.1 Å². The zero-order valence-corrected chi connectivity index (χ0v) is 25.8. The van der Waals surface area contributed by atoms with Crippen molar-refractivity contribution in [2.45, 2.75) is 56.3 Å². The molecule has 11 heteroatoms. The van der Waals surface area contributed by atoms with Gasteiger partial charge in [-0.1, -0.05) is 68.2 Å². The van der Waals surface area contributed by atoms with Gasteiger partial charge in [0.2, 0.25) is 0 Å². The molecule has 230 valence electrons. The summed E-state index contributed by atoms with van der Waals surface area (Å²) in [6, 6.07) is 22.2. The number of hydrogen-bond acceptors (Lipinski definition) is 9. The molecule has 2 aliphatic heterocycles. The van der Waals surface area contributed by atoms with Crippen LogP contribution < -0.4 is 0 Å². The lowest BCUT2D eigenvalue weighted by Gasteiger charge is -2.46. The number of ether oxygens (including phenoxy) is 4. The Morgan fingerprint density at radius 2 is 1.34 bits per heavy atom. The second-order valence-corrected chi connectivity index (χ2v) is 17.6. The summed E-state index contributed by atoms with van der Waals surface area (Å²) in [6.07, 6.45) is -5.58. The molecule has 1 saturated heterocycles. The predicted octanol–water partition coefficient (Wildman–Crippen LogP) is 4.17. The third-order valence-electron chi connectivity index (χ3n) is 7.54. The molecule has 0 unspecified atom stereocenters. The van der Waals surface area contributed by atoms with Gasteiger partial charge in [-0.25, -0.2) is 9.59 Å². The Labute approximate surface area is 256 Å². The van der Waals surface area contributed by atoms with Crippen LogP contribution in [0.2, 0.25) is 25.7 Å². The van der Waals surface area contributed by atoms with E-state index in [0.29, 0.717) is 5.56 Å². The third-order valence-corrected chi connectivity index (χ3v) is 9.24. The van der Waals surface area contributed by atoms with Gasteiger partial charge in [0.05, 0.1) is 22.3 Å². The maximum absolute atomic E-state index is 13.7. The number of aliphatic hydroxyl groups excluding tert-OH is 1. The van der Waals surface area contributed by atoms with Gasteiger partial charge in [0.1, 0.15) is 24.9 Å². The fourth-order valence-corrected chi connectivity index (χ4v) is 5.86. The molecule has 0 bridgehead atoms. The molecule has 2 aliphatic rings. The normalized spacial score (nSPS) is 23.3. The summed E-state index contributed by atoms with van der Waals surface area (Å²) in [6.45, 7) is 6.32. The van der Waals surface area contributed by atoms with Crippen molar-refractivity contribution in [3.63, 3.8) is 0 Å². The molecule has 5 rings (SSSR count). The van der Waals surface area contributed by atoms with Crippen molar-refractivity contribution in [2.24, 2.45) is 0 Å². The largest absolute Gasteiger partial charge is 0.459 e. The first-order valence-electron chi connectivity index (χ1n) is 14.5. The monoisotopic (exact) mass is 617 g/mol. The van der Waals surface area contributed by atoms with Gasteiger partial charge in [-0.15, -0.1) is 0 Å². The molecule has 0 spiro atoms. The third kappa shape index (κ3) is 6.81. The van der Waals surface area contributed by atoms with E-state index in [2.05, 4.69) is 19.6 Å². The molecule has 10 nitrogen and oxygen atoms in total. The number of nitrogens with zero attached hydrogens (tertiary/aromatic N) is 1. The Balaban J connectivity index is 1.49. The zero-order chi connectivity index (χ0) is 31.4. The van der Waals surface area contributed by atoms with Gasteiger partial charge in [0.25, 0.3) is 11.8 Å². The molecule has 5 atom stereocenters. The highest BCUT2D eigenvalue weighted by molar-refractivity contribution is 6.76. The van der Waals surface area contributed by atoms with Crippen LogP contribution in [0.3, 0.4) is 0 Å². The second-order valence-electron chi connectivity index (χ2n) is 11.9. The highest BCUT2D eigenvalue weighted by Gasteiger charge is 2.56. The van der Waals surface area contributed by atoms with Gasteiger partial charge in [0, 0.05) is 14.7 Å². The highest BCUT2D eigenvalue weighted by Crippen LogP contribution is 2.35. The first-order chi connectivity index (χ1) is 21.0. The van der Waals surface area contributed by atoms with Gasteiger partial charge < -0.3 is 24.1 Å². The number of rotatable bonds is 10. The average molecular weight is 618 g/mol. The number of carbonyl (C=O) groups excluding carboxylic acids is 4. The predicted molar refractivity (Wildman–Crippen MR) is 162 cm³/mol. The number of esters is 2. The van der Waals surface area contributed by atoms with E-state index in [-0.39, 0.29) is 23.3 Å². The number of amides is 2. The molecular formula is C33H35NO9Si. The molecule has 2 heterocycles. The van der Waals surface area contributed by atoms with Gasteiger partial charge in [-0.2, -0.15) is 0 Å². The Morgan fingerprint density at radius 1 is 0.818 bits per heavy atom. The molecule has 1 fully saturated rings. The van der Waals surface area contributed by atoms with E-state index in [0.717, 1.165) is 10.9 Å². The number of fused-ring (bicyclic) bond motifs is 1. The van der Waals surface area contributed by atoms with Crippen LogP contribution in [0.1, 0.15) is 41.4 Å². The van der Waals surface area contributed by atoms with E-state index in [1.807, 2.05) is 0 Å². The van der Waals surface area contributed by atoms with Crippen molar-refractivity contribution in [1.82, 2.24) is 4.90 Å². The summed E-state index contributed by atoms with van der Waals surface area (Å²) in [5.74, 6) is -2.67. The van der Waals surface area contributed by atoms with Gasteiger partial charge in [-0.05, 0) is 42.4 Å². The van der Waals surface area contributed by atoms with Crippen LogP contribution in [-0.4, -0.2) is 85.7 Å². The topological polar surface area (TPSA) is 129 Å². The lowest BCUT2D eigenvalue weighted by Crippen LogP contribution is -2.67. The standard InChI is InChI=1S/C33H35NO9Si/c1-44(2,3)19-18-40-33-26(34-29(36)23-16-10-11-17-24(23)30(34)37)28(43-32(39)22-14-8-5-9-15-22)27(35)25(42-33)20-41-31(38)21-12-6-4-7-13-21/h4-17,25-28,33,35H,18-20H2,1-3H3/t25-,26-,27-,28-,33-/m1/s1. The Hall–Kier alpha value is -4.16. The average Bonchev–Trinajstić information content (AvgIpc) is 3.27. The van der Waals surface area contributed by atoms with E-state index in [1.165, 1.54) is 12.1 Å². The molecule has 1 N–H and O–H groups in total. The minimum Gasteiger partial charge on any atom is -0.459 e. The van der Waals surface area contributed by atoms with Gasteiger partial charge in [-0.3, -0.25) is 14.5 Å². The fraction of sp³-hybridized carbons (Fsp3) is 0.333. The van der Waals surface area contributed by atoms with E-state index in [9.17, 15) is 24.3 Å². The summed E-state index contributed by atoms with van der Waals surface area (Å²) in [5.41, 5.74) is 0.868. The molecule has 3 aromatic carbocycles. The Kier molecular flexibility index (Phi) is 9.40. The lowest BCUT2D eigenvalue weighted by molar-refractivity contribution is -0.277. The minimum atomic E-state index is -1.60. The SMILES string of the molecule is C[Si](C)(C)CCO[C@@H]1O[C@H](COC(=O)c2ccccc2)[C@@H](O)[C@H](OC(=O)c2ccccc2)[C@H]1N1C(=O)c2ccccc2C1=O. The van der Waals surface area contributed by atoms with Crippen molar-refractivity contribution in [2.75, 3.05) is 13.2 Å². The number of hydrogen-bond donors (Lipinski definition) is 1. The molecule has 3 aromatic rings. The number of carbonyl (C=O) groups is 4. The summed E-state index contributed by atoms with van der Waals surface area (Å²) >= 11 is 0. The maximum Gasteiger partial charge on any atom is 0.338 e. The van der Waals surface area contributed by atoms with Crippen molar-refractivity contribution in [1.29, 1.82) is 0 Å². The molecule has 0 aliphatic carbocycles. The zero-order valence-electron chi connectivity index (χ0n) is 24.8. The van der Waals surface area contributed by atoms with E-state index in [1.54, 1.807) is 72.8 Å². The molecule has 2 amide bonds. The summed E-state index contributed by atoms with van der Waals surface area (Å²) in [7, 11) is -1.59. The highest BCUT2D eigenvalue weighted by atomic mass is 28.3. The molecule has 0 aromatic heterocycles. The van der Waals surface area contributed by atoms with E-state index in [4.69, 9.17) is 18.9 Å². The lowest BCUT2D eigenvalue weighted by atomic mass is 9.95. The fourth-order valence-electron chi connectivity index (χ4n) is 5.13. The Morgan fingerprint density at radius 3 is 1.89 bits per heavy atom. The van der Waals surface area contributed by atoms with Gasteiger partial charge in [0.15, 0.2) is 12.4 Å². The van der Waals surface area contributed by atoms with Crippen LogP contribution in [-0.2, 0) is 18.9 Å². The summed E-state index contributed by atoms with van der Waals surface area (Å²) in [4.78, 5) is 54.3. The smallest absolute Gasteiger partial charge is 0.338 e. The molecular weight excluding hydrogens is 582 g/mol. The van der Waals surface area contributed by atoms with Crippen molar-refractivity contribution < 1.29 is 43.2 Å². The molecule has 44 heavy (non-hydrogen) atoms. The van der Waals surface area contributed by atoms with Crippen LogP contribution in [0.5, 0.6) is 0 Å². The van der Waals surface area contributed by atoms with Crippen LogP contribution in [0, 0.1) is 0 Å². The van der Waals surface area contributed by atoms with Crippen molar-refractivity contribution in [3.8, 4) is 0 Å². The number of benzene rings is 3. The first-order valence-corrected chi connectivity index (χ1v) is 18.2. The summed E-state index contributed by atoms with van der Waals surface area (Å²) in [5, 5.41) is 11.6. The van der Waals surface area contributed by atoms with Crippen LogP contribution in [0.4, 0.5) is 0 Å². The number of imide groups is 1. The molecule has 0 radical (unpaired) electrons. The minimum absolute atomic E-state index is 0.180. The van der Waals surface area contributed by atoms with Crippen molar-refractivity contribution >= 4 is 31.8 Å². The molecule has 0 saturated carbocycles. The first kappa shape index (κ1) is 31.3.